The molecule has 0 saturated carbocycles. The Labute approximate surface area is 174 Å². The molecule has 6 heteroatoms. The summed E-state index contributed by atoms with van der Waals surface area (Å²) in [7, 11) is 0. The van der Waals surface area contributed by atoms with Gasteiger partial charge >= 0.3 is 11.6 Å². The number of nitrogens with one attached hydrogen (secondary N) is 1. The van der Waals surface area contributed by atoms with Gasteiger partial charge in [0.2, 0.25) is 0 Å². The van der Waals surface area contributed by atoms with Gasteiger partial charge in [-0.25, -0.2) is 9.59 Å². The van der Waals surface area contributed by atoms with Gasteiger partial charge in [-0.05, 0) is 47.7 Å². The van der Waals surface area contributed by atoms with Crippen LogP contribution in [0.4, 0.5) is 0 Å². The SMILES string of the molecule is CCCNC(=O)c1cc2ccc(OC(=O)c3ccc(C(C)(C)C)cc3)cc2oc1=O. The van der Waals surface area contributed by atoms with E-state index in [1.165, 1.54) is 12.1 Å². The molecule has 0 aliphatic heterocycles. The highest BCUT2D eigenvalue weighted by molar-refractivity contribution is 5.97. The molecule has 0 bridgehead atoms. The molecule has 2 aromatic carbocycles. The molecule has 0 radical (unpaired) electrons. The Morgan fingerprint density at radius 1 is 1.03 bits per heavy atom. The predicted octanol–water partition coefficient (Wildman–Crippen LogP) is 4.45. The molecule has 0 saturated heterocycles. The molecule has 1 amide bonds. The van der Waals surface area contributed by atoms with Crippen LogP contribution in [0, 0.1) is 0 Å². The van der Waals surface area contributed by atoms with Crippen molar-refractivity contribution in [1.29, 1.82) is 0 Å². The van der Waals surface area contributed by atoms with E-state index in [0.717, 1.165) is 12.0 Å². The van der Waals surface area contributed by atoms with E-state index in [0.29, 0.717) is 17.5 Å². The highest BCUT2D eigenvalue weighted by atomic mass is 16.5. The Bertz CT molecular complexity index is 1140. The first-order valence-electron chi connectivity index (χ1n) is 9.88. The van der Waals surface area contributed by atoms with Crippen LogP contribution in [0.2, 0.25) is 0 Å². The first-order chi connectivity index (χ1) is 14.2. The number of amides is 1. The van der Waals surface area contributed by atoms with Crippen molar-refractivity contribution in [2.75, 3.05) is 6.54 Å². The molecule has 0 atom stereocenters. The second kappa shape index (κ2) is 8.53. The highest BCUT2D eigenvalue weighted by Crippen LogP contribution is 2.24. The van der Waals surface area contributed by atoms with Crippen molar-refractivity contribution in [3.63, 3.8) is 0 Å². The minimum atomic E-state index is -0.739. The Kier molecular flexibility index (Phi) is 6.06. The average molecular weight is 407 g/mol. The number of hydrogen-bond donors (Lipinski definition) is 1. The van der Waals surface area contributed by atoms with Crippen LogP contribution in [0.3, 0.4) is 0 Å². The van der Waals surface area contributed by atoms with Gasteiger partial charge in [0.1, 0.15) is 16.9 Å². The minimum absolute atomic E-state index is 0.00931. The number of hydrogen-bond acceptors (Lipinski definition) is 5. The van der Waals surface area contributed by atoms with E-state index >= 15 is 0 Å². The number of fused-ring (bicyclic) bond motifs is 1. The van der Waals surface area contributed by atoms with Gasteiger partial charge in [0.25, 0.3) is 5.91 Å². The van der Waals surface area contributed by atoms with E-state index in [1.807, 2.05) is 19.1 Å². The van der Waals surface area contributed by atoms with E-state index in [4.69, 9.17) is 9.15 Å². The van der Waals surface area contributed by atoms with E-state index in [9.17, 15) is 14.4 Å². The summed E-state index contributed by atoms with van der Waals surface area (Å²) < 4.78 is 10.7. The standard InChI is InChI=1S/C24H25NO5/c1-5-12-25-21(26)19-13-16-8-11-18(14-20(16)30-23(19)28)29-22(27)15-6-9-17(10-7-15)24(2,3)4/h6-11,13-14H,5,12H2,1-4H3,(H,25,26). The van der Waals surface area contributed by atoms with Crippen LogP contribution in [0.1, 0.15) is 60.4 Å². The smallest absolute Gasteiger partial charge is 0.349 e. The van der Waals surface area contributed by atoms with Gasteiger partial charge in [0, 0.05) is 18.0 Å². The molecule has 156 valence electrons. The summed E-state index contributed by atoms with van der Waals surface area (Å²) >= 11 is 0. The maximum Gasteiger partial charge on any atom is 0.349 e. The predicted molar refractivity (Wildman–Crippen MR) is 115 cm³/mol. The molecule has 1 N–H and O–H groups in total. The van der Waals surface area contributed by atoms with Gasteiger partial charge in [-0.3, -0.25) is 4.79 Å². The zero-order valence-electron chi connectivity index (χ0n) is 17.6. The lowest BCUT2D eigenvalue weighted by Gasteiger charge is -2.18. The molecule has 1 aromatic heterocycles. The van der Waals surface area contributed by atoms with Crippen molar-refractivity contribution in [3.8, 4) is 5.75 Å². The van der Waals surface area contributed by atoms with Gasteiger partial charge in [0.15, 0.2) is 0 Å². The Balaban J connectivity index is 1.81. The van der Waals surface area contributed by atoms with Gasteiger partial charge < -0.3 is 14.5 Å². The van der Waals surface area contributed by atoms with Crippen molar-refractivity contribution in [1.82, 2.24) is 5.32 Å². The van der Waals surface area contributed by atoms with Crippen LogP contribution in [-0.4, -0.2) is 18.4 Å². The van der Waals surface area contributed by atoms with E-state index < -0.39 is 17.5 Å². The molecule has 0 unspecified atom stereocenters. The molecule has 0 spiro atoms. The van der Waals surface area contributed by atoms with Crippen molar-refractivity contribution in [3.05, 3.63) is 75.6 Å². The third-order valence-corrected chi connectivity index (χ3v) is 4.68. The number of benzene rings is 2. The number of esters is 1. The molecular weight excluding hydrogens is 382 g/mol. The zero-order valence-corrected chi connectivity index (χ0v) is 17.6. The number of carbonyl (C=O) groups is 2. The fourth-order valence-corrected chi connectivity index (χ4v) is 2.92. The molecule has 0 aliphatic rings. The van der Waals surface area contributed by atoms with Gasteiger partial charge in [-0.1, -0.05) is 39.8 Å². The molecule has 30 heavy (non-hydrogen) atoms. The van der Waals surface area contributed by atoms with Crippen molar-refractivity contribution in [2.45, 2.75) is 39.5 Å². The molecular formula is C24H25NO5. The maximum atomic E-state index is 12.5. The molecule has 3 aromatic rings. The molecule has 0 aliphatic carbocycles. The first kappa shape index (κ1) is 21.3. The van der Waals surface area contributed by atoms with Crippen molar-refractivity contribution >= 4 is 22.8 Å². The molecule has 6 nitrogen and oxygen atoms in total. The first-order valence-corrected chi connectivity index (χ1v) is 9.88. The van der Waals surface area contributed by atoms with Crippen LogP contribution in [0.25, 0.3) is 11.0 Å². The second-order valence-corrected chi connectivity index (χ2v) is 8.12. The zero-order chi connectivity index (χ0) is 21.9. The third kappa shape index (κ3) is 4.76. The van der Waals surface area contributed by atoms with E-state index in [1.54, 1.807) is 24.3 Å². The largest absolute Gasteiger partial charge is 0.423 e. The van der Waals surface area contributed by atoms with E-state index in [2.05, 4.69) is 26.1 Å². The third-order valence-electron chi connectivity index (χ3n) is 4.68. The lowest BCUT2D eigenvalue weighted by Crippen LogP contribution is -2.28. The summed E-state index contributed by atoms with van der Waals surface area (Å²) in [4.78, 5) is 36.7. The fourth-order valence-electron chi connectivity index (χ4n) is 2.92. The Hall–Kier alpha value is -3.41. The molecule has 0 fully saturated rings. The quantitative estimate of drug-likeness (QED) is 0.384. The minimum Gasteiger partial charge on any atom is -0.423 e. The summed E-state index contributed by atoms with van der Waals surface area (Å²) in [5.74, 6) is -0.729. The summed E-state index contributed by atoms with van der Waals surface area (Å²) in [5.41, 5.74) is 0.972. The van der Waals surface area contributed by atoms with Crippen LogP contribution < -0.4 is 15.7 Å². The molecule has 1 heterocycles. The van der Waals surface area contributed by atoms with Gasteiger partial charge in [-0.2, -0.15) is 0 Å². The lowest BCUT2D eigenvalue weighted by molar-refractivity contribution is 0.0734. The topological polar surface area (TPSA) is 85.6 Å². The molecule has 3 rings (SSSR count). The monoisotopic (exact) mass is 407 g/mol. The Morgan fingerprint density at radius 2 is 1.73 bits per heavy atom. The highest BCUT2D eigenvalue weighted by Gasteiger charge is 2.16. The fraction of sp³-hybridized carbons (Fsp3) is 0.292. The average Bonchev–Trinajstić information content (AvgIpc) is 2.70. The van der Waals surface area contributed by atoms with Crippen LogP contribution in [0.15, 0.2) is 57.7 Å². The normalized spacial score (nSPS) is 11.3. The van der Waals surface area contributed by atoms with Gasteiger partial charge in [0.05, 0.1) is 5.56 Å². The number of rotatable bonds is 5. The van der Waals surface area contributed by atoms with E-state index in [-0.39, 0.29) is 22.3 Å². The lowest BCUT2D eigenvalue weighted by atomic mass is 9.87. The summed E-state index contributed by atoms with van der Waals surface area (Å²) in [6, 6.07) is 13.4. The second-order valence-electron chi connectivity index (χ2n) is 8.12. The van der Waals surface area contributed by atoms with Crippen LogP contribution >= 0.6 is 0 Å². The van der Waals surface area contributed by atoms with Crippen LogP contribution in [0.5, 0.6) is 5.75 Å². The summed E-state index contributed by atoms with van der Waals surface area (Å²) in [6.07, 6.45) is 0.762. The van der Waals surface area contributed by atoms with Crippen LogP contribution in [-0.2, 0) is 5.41 Å². The number of ether oxygens (including phenoxy) is 1. The summed E-state index contributed by atoms with van der Waals surface area (Å²) in [6.45, 7) is 8.69. The van der Waals surface area contributed by atoms with Gasteiger partial charge in [-0.15, -0.1) is 0 Å². The Morgan fingerprint density at radius 3 is 2.37 bits per heavy atom. The van der Waals surface area contributed by atoms with Crippen molar-refractivity contribution in [2.24, 2.45) is 0 Å². The number of carbonyl (C=O) groups excluding carboxylic acids is 2. The maximum absolute atomic E-state index is 12.5. The summed E-state index contributed by atoms with van der Waals surface area (Å²) in [5, 5.41) is 3.22. The van der Waals surface area contributed by atoms with Crippen molar-refractivity contribution < 1.29 is 18.7 Å².